The number of carbonyl (C=O) groups is 5. The van der Waals surface area contributed by atoms with Crippen molar-refractivity contribution in [2.45, 2.75) is 56.3 Å². The van der Waals surface area contributed by atoms with E-state index in [9.17, 15) is 34.2 Å². The van der Waals surface area contributed by atoms with E-state index in [0.29, 0.717) is 24.9 Å². The van der Waals surface area contributed by atoms with Crippen LogP contribution in [-0.4, -0.2) is 75.4 Å². The van der Waals surface area contributed by atoms with Crippen molar-refractivity contribution in [3.63, 3.8) is 0 Å². The minimum Gasteiger partial charge on any atom is -0.508 e. The first-order valence-corrected chi connectivity index (χ1v) is 12.5. The first-order valence-electron chi connectivity index (χ1n) is 12.5. The van der Waals surface area contributed by atoms with Crippen LogP contribution < -0.4 is 22.1 Å². The molecule has 4 atom stereocenters. The molecule has 0 saturated carbocycles. The molecule has 12 heteroatoms. The minimum atomic E-state index is -1.56. The second-order valence-corrected chi connectivity index (χ2v) is 9.49. The molecule has 3 rings (SSSR count). The smallest absolute Gasteiger partial charge is 0.326 e. The number of phenols is 1. The van der Waals surface area contributed by atoms with Gasteiger partial charge in [-0.2, -0.15) is 0 Å². The van der Waals surface area contributed by atoms with E-state index in [0.717, 1.165) is 5.56 Å². The first kappa shape index (κ1) is 29.1. The quantitative estimate of drug-likeness (QED) is 0.205. The molecule has 208 valence electrons. The summed E-state index contributed by atoms with van der Waals surface area (Å²) in [6, 6.07) is 10.6. The van der Waals surface area contributed by atoms with E-state index in [1.807, 2.05) is 0 Å². The van der Waals surface area contributed by atoms with Crippen LogP contribution in [0.3, 0.4) is 0 Å². The molecule has 0 bridgehead atoms. The van der Waals surface area contributed by atoms with Gasteiger partial charge in [0.2, 0.25) is 23.6 Å². The molecule has 1 fully saturated rings. The average molecular weight is 540 g/mol. The van der Waals surface area contributed by atoms with Gasteiger partial charge in [0.25, 0.3) is 0 Å². The number of carboxylic acids is 1. The molecule has 4 unspecified atom stereocenters. The topological polar surface area (TPSA) is 205 Å². The molecule has 2 aromatic carbocycles. The zero-order valence-electron chi connectivity index (χ0n) is 21.3. The van der Waals surface area contributed by atoms with Crippen LogP contribution in [0.4, 0.5) is 0 Å². The molecule has 0 aliphatic carbocycles. The lowest BCUT2D eigenvalue weighted by molar-refractivity contribution is -0.144. The van der Waals surface area contributed by atoms with Crippen LogP contribution in [0.1, 0.15) is 30.4 Å². The third kappa shape index (κ3) is 8.27. The number of nitrogens with zero attached hydrogens (tertiary/aromatic N) is 1. The third-order valence-electron chi connectivity index (χ3n) is 6.48. The van der Waals surface area contributed by atoms with Gasteiger partial charge in [0, 0.05) is 13.0 Å². The largest absolute Gasteiger partial charge is 0.508 e. The van der Waals surface area contributed by atoms with Crippen LogP contribution >= 0.6 is 0 Å². The van der Waals surface area contributed by atoms with Gasteiger partial charge in [0.05, 0.1) is 12.5 Å². The van der Waals surface area contributed by atoms with Gasteiger partial charge in [-0.15, -0.1) is 0 Å². The standard InChI is InChI=1S/C27H33N5O7/c28-19(13-17-8-10-18(33)11-9-17)26(37)32-12-4-7-22(32)25(36)30-20(14-16-5-2-1-3-6-16)24(35)31-21(27(38)39)15-23(29)34/h1-3,5-6,8-11,19-22,33H,4,7,12-15,28H2,(H2,29,34)(H,30,36)(H,31,35)(H,38,39). The molecule has 1 aliphatic rings. The monoisotopic (exact) mass is 539 g/mol. The molecule has 0 spiro atoms. The Labute approximate surface area is 225 Å². The summed E-state index contributed by atoms with van der Waals surface area (Å²) in [6.45, 7) is 0.315. The molecule has 2 aromatic rings. The fraction of sp³-hybridized carbons (Fsp3) is 0.370. The lowest BCUT2D eigenvalue weighted by Crippen LogP contribution is -2.57. The molecule has 0 radical (unpaired) electrons. The molecule has 0 aromatic heterocycles. The summed E-state index contributed by atoms with van der Waals surface area (Å²) in [5.41, 5.74) is 12.7. The number of carbonyl (C=O) groups excluding carboxylic acids is 4. The number of nitrogens with two attached hydrogens (primary N) is 2. The van der Waals surface area contributed by atoms with Gasteiger partial charge in [-0.3, -0.25) is 19.2 Å². The Morgan fingerprint density at radius 1 is 0.923 bits per heavy atom. The number of aliphatic carboxylic acids is 1. The van der Waals surface area contributed by atoms with E-state index < -0.39 is 60.2 Å². The third-order valence-corrected chi connectivity index (χ3v) is 6.48. The van der Waals surface area contributed by atoms with E-state index in [1.165, 1.54) is 17.0 Å². The van der Waals surface area contributed by atoms with Crippen LogP contribution in [0, 0.1) is 0 Å². The number of carboxylic acid groups (broad SMARTS) is 1. The van der Waals surface area contributed by atoms with Gasteiger partial charge < -0.3 is 37.2 Å². The number of hydrogen-bond acceptors (Lipinski definition) is 7. The molecule has 39 heavy (non-hydrogen) atoms. The number of primary amides is 1. The highest BCUT2D eigenvalue weighted by molar-refractivity contribution is 5.95. The number of aromatic hydroxyl groups is 1. The zero-order chi connectivity index (χ0) is 28.5. The fourth-order valence-corrected chi connectivity index (χ4v) is 4.49. The molecule has 12 nitrogen and oxygen atoms in total. The van der Waals surface area contributed by atoms with Crippen molar-refractivity contribution in [2.75, 3.05) is 6.54 Å². The predicted molar refractivity (Wildman–Crippen MR) is 140 cm³/mol. The van der Waals surface area contributed by atoms with Crippen molar-refractivity contribution in [3.05, 3.63) is 65.7 Å². The summed E-state index contributed by atoms with van der Waals surface area (Å²) in [7, 11) is 0. The Balaban J connectivity index is 1.73. The van der Waals surface area contributed by atoms with Crippen molar-refractivity contribution in [3.8, 4) is 5.75 Å². The number of rotatable bonds is 12. The fourth-order valence-electron chi connectivity index (χ4n) is 4.49. The van der Waals surface area contributed by atoms with Gasteiger partial charge in [-0.25, -0.2) is 4.79 Å². The minimum absolute atomic E-state index is 0.0440. The highest BCUT2D eigenvalue weighted by Crippen LogP contribution is 2.20. The van der Waals surface area contributed by atoms with E-state index in [4.69, 9.17) is 11.5 Å². The van der Waals surface area contributed by atoms with Gasteiger partial charge in [-0.05, 0) is 42.5 Å². The van der Waals surface area contributed by atoms with Gasteiger partial charge in [-0.1, -0.05) is 42.5 Å². The molecule has 1 aliphatic heterocycles. The van der Waals surface area contributed by atoms with Crippen LogP contribution in [0.2, 0.25) is 0 Å². The first-order chi connectivity index (χ1) is 18.5. The highest BCUT2D eigenvalue weighted by Gasteiger charge is 2.38. The van der Waals surface area contributed by atoms with Crippen LogP contribution in [0.15, 0.2) is 54.6 Å². The maximum absolute atomic E-state index is 13.3. The SMILES string of the molecule is NC(=O)CC(NC(=O)C(Cc1ccccc1)NC(=O)C1CCCN1C(=O)C(N)Cc1ccc(O)cc1)C(=O)O. The molecular formula is C27H33N5O7. The van der Waals surface area contributed by atoms with Crippen molar-refractivity contribution in [2.24, 2.45) is 11.5 Å². The van der Waals surface area contributed by atoms with Crippen molar-refractivity contribution >= 4 is 29.6 Å². The molecule has 4 amide bonds. The maximum atomic E-state index is 13.3. The average Bonchev–Trinajstić information content (AvgIpc) is 3.39. The zero-order valence-corrected chi connectivity index (χ0v) is 21.3. The van der Waals surface area contributed by atoms with Crippen molar-refractivity contribution in [1.29, 1.82) is 0 Å². The summed E-state index contributed by atoms with van der Waals surface area (Å²) < 4.78 is 0. The Kier molecular flexibility index (Phi) is 9.98. The number of hydrogen-bond donors (Lipinski definition) is 6. The lowest BCUT2D eigenvalue weighted by Gasteiger charge is -2.28. The molecule has 8 N–H and O–H groups in total. The van der Waals surface area contributed by atoms with E-state index >= 15 is 0 Å². The molecule has 1 saturated heterocycles. The van der Waals surface area contributed by atoms with Crippen LogP contribution in [-0.2, 0) is 36.8 Å². The van der Waals surface area contributed by atoms with Crippen LogP contribution in [0.5, 0.6) is 5.75 Å². The number of benzene rings is 2. The summed E-state index contributed by atoms with van der Waals surface area (Å²) in [6.07, 6.45) is 0.562. The molecule has 1 heterocycles. The Hall–Kier alpha value is -4.45. The van der Waals surface area contributed by atoms with Crippen molar-refractivity contribution < 1.29 is 34.2 Å². The lowest BCUT2D eigenvalue weighted by atomic mass is 10.0. The van der Waals surface area contributed by atoms with E-state index in [1.54, 1.807) is 42.5 Å². The number of amides is 4. The number of nitrogens with one attached hydrogen (secondary N) is 2. The second-order valence-electron chi connectivity index (χ2n) is 9.49. The number of likely N-dealkylation sites (tertiary alicyclic amines) is 1. The van der Waals surface area contributed by atoms with Crippen molar-refractivity contribution in [1.82, 2.24) is 15.5 Å². The summed E-state index contributed by atoms with van der Waals surface area (Å²) in [4.78, 5) is 63.8. The Morgan fingerprint density at radius 3 is 2.18 bits per heavy atom. The summed E-state index contributed by atoms with van der Waals surface area (Å²) in [5.74, 6) is -4.06. The Morgan fingerprint density at radius 2 is 1.56 bits per heavy atom. The van der Waals surface area contributed by atoms with Gasteiger partial charge in [0.1, 0.15) is 23.9 Å². The second kappa shape index (κ2) is 13.4. The van der Waals surface area contributed by atoms with Crippen LogP contribution in [0.25, 0.3) is 0 Å². The number of phenolic OH excluding ortho intramolecular Hbond substituents is 1. The van der Waals surface area contributed by atoms with E-state index in [-0.39, 0.29) is 18.6 Å². The summed E-state index contributed by atoms with van der Waals surface area (Å²) >= 11 is 0. The van der Waals surface area contributed by atoms with E-state index in [2.05, 4.69) is 10.6 Å². The normalized spacial score (nSPS) is 17.1. The summed E-state index contributed by atoms with van der Waals surface area (Å²) in [5, 5.41) is 23.8. The maximum Gasteiger partial charge on any atom is 0.326 e. The Bertz CT molecular complexity index is 1190. The predicted octanol–water partition coefficient (Wildman–Crippen LogP) is -0.575. The van der Waals surface area contributed by atoms with Gasteiger partial charge in [0.15, 0.2) is 0 Å². The molecular weight excluding hydrogens is 506 g/mol. The van der Waals surface area contributed by atoms with Gasteiger partial charge >= 0.3 is 5.97 Å². The highest BCUT2D eigenvalue weighted by atomic mass is 16.4.